The molecule has 96 valence electrons. The third kappa shape index (κ3) is 3.72. The van der Waals surface area contributed by atoms with E-state index in [1.54, 1.807) is 0 Å². The summed E-state index contributed by atoms with van der Waals surface area (Å²) in [5.74, 6) is 2.22. The number of aromatic nitrogens is 2. The zero-order valence-electron chi connectivity index (χ0n) is 10.6. The third-order valence-electron chi connectivity index (χ3n) is 2.97. The summed E-state index contributed by atoms with van der Waals surface area (Å²) in [6, 6.07) is 0.400. The van der Waals surface area contributed by atoms with Gasteiger partial charge in [-0.25, -0.2) is 0 Å². The summed E-state index contributed by atoms with van der Waals surface area (Å²) in [4.78, 5) is 0. The molecule has 0 amide bonds. The minimum absolute atomic E-state index is 0.328. The van der Waals surface area contributed by atoms with Crippen molar-refractivity contribution in [3.8, 4) is 0 Å². The van der Waals surface area contributed by atoms with Crippen LogP contribution < -0.4 is 5.32 Å². The molecule has 1 N–H and O–H groups in total. The van der Waals surface area contributed by atoms with Crippen molar-refractivity contribution in [3.05, 3.63) is 18.0 Å². The molecule has 2 rings (SSSR count). The molecule has 0 aliphatic carbocycles. The molecule has 0 spiro atoms. The summed E-state index contributed by atoms with van der Waals surface area (Å²) >= 11 is 1.99. The fourth-order valence-electron chi connectivity index (χ4n) is 2.17. The number of nitrogens with one attached hydrogen (secondary N) is 1. The lowest BCUT2D eigenvalue weighted by molar-refractivity contribution is 0.0476. The Balaban J connectivity index is 1.95. The lowest BCUT2D eigenvalue weighted by atomic mass is 10.0. The van der Waals surface area contributed by atoms with Gasteiger partial charge < -0.3 is 10.1 Å². The van der Waals surface area contributed by atoms with E-state index >= 15 is 0 Å². The normalized spacial score (nSPS) is 22.6. The van der Waals surface area contributed by atoms with Gasteiger partial charge in [-0.05, 0) is 18.5 Å². The van der Waals surface area contributed by atoms with Crippen molar-refractivity contribution >= 4 is 11.8 Å². The summed E-state index contributed by atoms with van der Waals surface area (Å²) in [6.07, 6.45) is 5.35. The Kier molecular flexibility index (Phi) is 4.88. The van der Waals surface area contributed by atoms with Crippen molar-refractivity contribution in [3.63, 3.8) is 0 Å². The molecule has 0 saturated carbocycles. The fraction of sp³-hybridized carbons (Fsp3) is 0.750. The molecule has 2 heterocycles. The number of rotatable bonds is 5. The van der Waals surface area contributed by atoms with E-state index < -0.39 is 0 Å². The van der Waals surface area contributed by atoms with Gasteiger partial charge in [0.2, 0.25) is 0 Å². The van der Waals surface area contributed by atoms with Crippen LogP contribution in [0, 0.1) is 0 Å². The van der Waals surface area contributed by atoms with Gasteiger partial charge in [0, 0.05) is 30.8 Å². The second kappa shape index (κ2) is 6.42. The minimum atomic E-state index is 0.328. The van der Waals surface area contributed by atoms with Crippen molar-refractivity contribution in [2.75, 3.05) is 24.7 Å². The van der Waals surface area contributed by atoms with E-state index in [9.17, 15) is 0 Å². The highest BCUT2D eigenvalue weighted by atomic mass is 32.2. The number of ether oxygens (including phenoxy) is 1. The Bertz CT molecular complexity index is 336. The van der Waals surface area contributed by atoms with Gasteiger partial charge in [0.15, 0.2) is 0 Å². The van der Waals surface area contributed by atoms with Crippen LogP contribution in [0.3, 0.4) is 0 Å². The number of hydrogen-bond acceptors (Lipinski definition) is 4. The maximum Gasteiger partial charge on any atom is 0.0821 e. The van der Waals surface area contributed by atoms with Gasteiger partial charge in [-0.2, -0.15) is 16.9 Å². The van der Waals surface area contributed by atoms with Gasteiger partial charge in [0.1, 0.15) is 0 Å². The van der Waals surface area contributed by atoms with Crippen LogP contribution in [0.15, 0.2) is 12.4 Å². The van der Waals surface area contributed by atoms with E-state index in [0.29, 0.717) is 12.1 Å². The molecule has 1 saturated heterocycles. The van der Waals surface area contributed by atoms with Gasteiger partial charge in [-0.15, -0.1) is 0 Å². The molecular formula is C12H21N3OS. The summed E-state index contributed by atoms with van der Waals surface area (Å²) in [5, 5.41) is 7.75. The highest BCUT2D eigenvalue weighted by molar-refractivity contribution is 7.99. The zero-order valence-corrected chi connectivity index (χ0v) is 11.4. The highest BCUT2D eigenvalue weighted by Gasteiger charge is 2.24. The van der Waals surface area contributed by atoms with Crippen LogP contribution in [-0.4, -0.2) is 46.6 Å². The molecule has 17 heavy (non-hydrogen) atoms. The number of aryl methyl sites for hydroxylation is 1. The molecule has 1 aromatic rings. The van der Waals surface area contributed by atoms with E-state index in [2.05, 4.69) is 23.5 Å². The Morgan fingerprint density at radius 1 is 1.71 bits per heavy atom. The quantitative estimate of drug-likeness (QED) is 0.854. The zero-order chi connectivity index (χ0) is 12.1. The predicted molar refractivity (Wildman–Crippen MR) is 71.4 cm³/mol. The topological polar surface area (TPSA) is 39.1 Å². The van der Waals surface area contributed by atoms with E-state index in [1.165, 1.54) is 5.56 Å². The molecule has 1 fully saturated rings. The molecule has 1 aromatic heterocycles. The molecule has 1 aliphatic rings. The number of nitrogens with zero attached hydrogens (tertiary/aromatic N) is 2. The number of likely N-dealkylation sites (N-methyl/N-ethyl adjacent to an activating group) is 1. The number of thioether (sulfide) groups is 1. The average molecular weight is 255 g/mol. The van der Waals surface area contributed by atoms with Gasteiger partial charge in [0.05, 0.1) is 18.9 Å². The Morgan fingerprint density at radius 2 is 2.59 bits per heavy atom. The third-order valence-corrected chi connectivity index (χ3v) is 3.99. The largest absolute Gasteiger partial charge is 0.375 e. The Morgan fingerprint density at radius 3 is 3.18 bits per heavy atom. The van der Waals surface area contributed by atoms with Gasteiger partial charge >= 0.3 is 0 Å². The van der Waals surface area contributed by atoms with Crippen LogP contribution in [0.1, 0.15) is 12.5 Å². The van der Waals surface area contributed by atoms with Gasteiger partial charge in [-0.1, -0.05) is 6.92 Å². The summed E-state index contributed by atoms with van der Waals surface area (Å²) < 4.78 is 7.72. The lowest BCUT2D eigenvalue weighted by Gasteiger charge is -2.30. The van der Waals surface area contributed by atoms with E-state index in [1.807, 2.05) is 29.7 Å². The molecule has 1 aliphatic heterocycles. The summed E-state index contributed by atoms with van der Waals surface area (Å²) in [7, 11) is 1.96. The van der Waals surface area contributed by atoms with Crippen molar-refractivity contribution in [2.24, 2.45) is 7.05 Å². The number of hydrogen-bond donors (Lipinski definition) is 1. The minimum Gasteiger partial charge on any atom is -0.375 e. The van der Waals surface area contributed by atoms with Crippen molar-refractivity contribution < 1.29 is 4.74 Å². The second-order valence-electron chi connectivity index (χ2n) is 4.37. The molecule has 2 unspecified atom stereocenters. The van der Waals surface area contributed by atoms with Crippen molar-refractivity contribution in [1.82, 2.24) is 15.1 Å². The first-order valence-electron chi connectivity index (χ1n) is 6.20. The summed E-state index contributed by atoms with van der Waals surface area (Å²) in [5.41, 5.74) is 1.28. The van der Waals surface area contributed by atoms with Crippen molar-refractivity contribution in [1.29, 1.82) is 0 Å². The van der Waals surface area contributed by atoms with Crippen LogP contribution in [-0.2, 0) is 18.2 Å². The van der Waals surface area contributed by atoms with Crippen LogP contribution in [0.5, 0.6) is 0 Å². The Labute approximate surface area is 107 Å². The van der Waals surface area contributed by atoms with Crippen LogP contribution >= 0.6 is 11.8 Å². The average Bonchev–Trinajstić information content (AvgIpc) is 2.75. The maximum atomic E-state index is 5.86. The maximum absolute atomic E-state index is 5.86. The van der Waals surface area contributed by atoms with Gasteiger partial charge in [-0.3, -0.25) is 4.68 Å². The van der Waals surface area contributed by atoms with Crippen LogP contribution in [0.2, 0.25) is 0 Å². The molecule has 2 atom stereocenters. The first kappa shape index (κ1) is 12.9. The monoisotopic (exact) mass is 255 g/mol. The Hall–Kier alpha value is -0.520. The molecule has 0 radical (unpaired) electrons. The van der Waals surface area contributed by atoms with E-state index in [4.69, 9.17) is 4.74 Å². The van der Waals surface area contributed by atoms with Gasteiger partial charge in [0.25, 0.3) is 0 Å². The van der Waals surface area contributed by atoms with E-state index in [0.717, 1.165) is 31.1 Å². The van der Waals surface area contributed by atoms with Crippen LogP contribution in [0.4, 0.5) is 0 Å². The molecular weight excluding hydrogens is 234 g/mol. The first-order valence-corrected chi connectivity index (χ1v) is 7.35. The van der Waals surface area contributed by atoms with Crippen LogP contribution in [0.25, 0.3) is 0 Å². The molecule has 5 heteroatoms. The van der Waals surface area contributed by atoms with E-state index in [-0.39, 0.29) is 0 Å². The summed E-state index contributed by atoms with van der Waals surface area (Å²) in [6.45, 7) is 4.01. The SMILES string of the molecule is CCNC(Cc1cnn(C)c1)C1CSCCO1. The lowest BCUT2D eigenvalue weighted by Crippen LogP contribution is -2.46. The predicted octanol–water partition coefficient (Wildman–Crippen LogP) is 1.07. The molecule has 4 nitrogen and oxygen atoms in total. The molecule has 0 aromatic carbocycles. The fourth-order valence-corrected chi connectivity index (χ4v) is 3.11. The standard InChI is InChI=1S/C12H21N3OS/c1-3-13-11(12-9-17-5-4-16-12)6-10-7-14-15(2)8-10/h7-8,11-13H,3-6,9H2,1-2H3. The molecule has 0 bridgehead atoms. The highest BCUT2D eigenvalue weighted by Crippen LogP contribution is 2.18. The smallest absolute Gasteiger partial charge is 0.0821 e. The second-order valence-corrected chi connectivity index (χ2v) is 5.52. The van der Waals surface area contributed by atoms with Crippen molar-refractivity contribution in [2.45, 2.75) is 25.5 Å². The first-order chi connectivity index (χ1) is 8.29.